The Morgan fingerprint density at radius 2 is 1.94 bits per heavy atom. The molecule has 0 bridgehead atoms. The molecule has 17 heavy (non-hydrogen) atoms. The molecule has 1 N–H and O–H groups in total. The van der Waals surface area contributed by atoms with Crippen LogP contribution in [0.5, 0.6) is 0 Å². The van der Waals surface area contributed by atoms with Crippen molar-refractivity contribution in [3.63, 3.8) is 0 Å². The van der Waals surface area contributed by atoms with Crippen molar-refractivity contribution in [2.75, 3.05) is 17.7 Å². The highest BCUT2D eigenvalue weighted by molar-refractivity contribution is 8.01. The van der Waals surface area contributed by atoms with E-state index >= 15 is 0 Å². The number of hydrogen-bond donors (Lipinski definition) is 1. The quantitative estimate of drug-likeness (QED) is 0.870. The number of aliphatic carboxylic acids is 1. The maximum Gasteiger partial charge on any atom is 0.316 e. The molecule has 0 fully saturated rings. The molecule has 0 aromatic heterocycles. The van der Waals surface area contributed by atoms with E-state index in [0.717, 1.165) is 17.4 Å². The largest absolute Gasteiger partial charge is 0.480 e. The van der Waals surface area contributed by atoms with Crippen molar-refractivity contribution >= 4 is 29.3 Å². The fraction of sp³-hybridized carbons (Fsp3) is 0.333. The van der Waals surface area contributed by atoms with Crippen LogP contribution in [0.2, 0.25) is 0 Å². The first-order chi connectivity index (χ1) is 8.02. The van der Waals surface area contributed by atoms with Gasteiger partial charge in [0, 0.05) is 12.7 Å². The van der Waals surface area contributed by atoms with Crippen molar-refractivity contribution in [1.82, 2.24) is 0 Å². The number of hydrogen-bond acceptors (Lipinski definition) is 3. The van der Waals surface area contributed by atoms with E-state index in [2.05, 4.69) is 0 Å². The lowest BCUT2D eigenvalue weighted by molar-refractivity contribution is -0.136. The molecule has 1 unspecified atom stereocenters. The predicted octanol–water partition coefficient (Wildman–Crippen LogP) is 1.86. The lowest BCUT2D eigenvalue weighted by atomic mass is 10.3. The summed E-state index contributed by atoms with van der Waals surface area (Å²) in [5.41, 5.74) is 0.807. The molecule has 1 atom stereocenters. The Hall–Kier alpha value is -1.49. The van der Waals surface area contributed by atoms with Gasteiger partial charge in [-0.25, -0.2) is 0 Å². The summed E-state index contributed by atoms with van der Waals surface area (Å²) in [6.07, 6.45) is 0. The van der Waals surface area contributed by atoms with Crippen LogP contribution in [0.15, 0.2) is 30.3 Å². The number of anilines is 1. The highest BCUT2D eigenvalue weighted by atomic mass is 32.2. The Balaban J connectivity index is 2.51. The zero-order valence-corrected chi connectivity index (χ0v) is 10.6. The first-order valence-electron chi connectivity index (χ1n) is 5.18. The van der Waals surface area contributed by atoms with Crippen LogP contribution in [0.1, 0.15) is 6.92 Å². The average Bonchev–Trinajstić information content (AvgIpc) is 2.35. The van der Waals surface area contributed by atoms with Gasteiger partial charge in [0.1, 0.15) is 0 Å². The molecule has 1 rings (SSSR count). The molecule has 0 saturated heterocycles. The molecule has 0 aliphatic carbocycles. The Kier molecular flexibility index (Phi) is 5.03. The zero-order chi connectivity index (χ0) is 12.8. The summed E-state index contributed by atoms with van der Waals surface area (Å²) < 4.78 is 0. The van der Waals surface area contributed by atoms with Crippen molar-refractivity contribution in [3.8, 4) is 0 Å². The summed E-state index contributed by atoms with van der Waals surface area (Å²) in [4.78, 5) is 23.9. The molecule has 0 saturated carbocycles. The third-order valence-electron chi connectivity index (χ3n) is 2.32. The number of carboxylic acids is 1. The minimum atomic E-state index is -0.898. The molecule has 5 heteroatoms. The third kappa shape index (κ3) is 4.11. The number of nitrogens with zero attached hydrogens (tertiary/aromatic N) is 1. The second-order valence-corrected chi connectivity index (χ2v) is 4.91. The van der Waals surface area contributed by atoms with E-state index in [4.69, 9.17) is 5.11 Å². The van der Waals surface area contributed by atoms with Crippen LogP contribution < -0.4 is 4.90 Å². The first-order valence-corrected chi connectivity index (χ1v) is 6.23. The van der Waals surface area contributed by atoms with Gasteiger partial charge in [0.25, 0.3) is 0 Å². The number of thioether (sulfide) groups is 1. The second-order valence-electron chi connectivity index (χ2n) is 3.58. The van der Waals surface area contributed by atoms with Gasteiger partial charge in [-0.05, 0) is 19.1 Å². The summed E-state index contributed by atoms with van der Waals surface area (Å²) >= 11 is 1.12. The van der Waals surface area contributed by atoms with E-state index < -0.39 is 11.2 Å². The highest BCUT2D eigenvalue weighted by Gasteiger charge is 2.16. The Morgan fingerprint density at radius 3 is 2.47 bits per heavy atom. The van der Waals surface area contributed by atoms with Gasteiger partial charge in [-0.3, -0.25) is 9.59 Å². The maximum absolute atomic E-state index is 11.8. The normalized spacial score (nSPS) is 11.9. The van der Waals surface area contributed by atoms with Crippen LogP contribution in [-0.4, -0.2) is 35.0 Å². The van der Waals surface area contributed by atoms with E-state index in [0.29, 0.717) is 0 Å². The van der Waals surface area contributed by atoms with Crippen LogP contribution in [-0.2, 0) is 9.59 Å². The standard InChI is InChI=1S/C12H15NO3S/c1-9(12(15)16)17-8-11(14)13(2)10-6-4-3-5-7-10/h3-7,9H,8H2,1-2H3,(H,15,16). The van der Waals surface area contributed by atoms with Crippen LogP contribution >= 0.6 is 11.8 Å². The summed E-state index contributed by atoms with van der Waals surface area (Å²) in [6, 6.07) is 9.26. The minimum Gasteiger partial charge on any atom is -0.480 e. The van der Waals surface area contributed by atoms with E-state index in [9.17, 15) is 9.59 Å². The van der Waals surface area contributed by atoms with Gasteiger partial charge in [-0.15, -0.1) is 11.8 Å². The molecule has 0 heterocycles. The second kappa shape index (κ2) is 6.30. The van der Waals surface area contributed by atoms with Gasteiger partial charge >= 0.3 is 5.97 Å². The predicted molar refractivity (Wildman–Crippen MR) is 69.4 cm³/mol. The van der Waals surface area contributed by atoms with Gasteiger partial charge in [0.15, 0.2) is 0 Å². The number of rotatable bonds is 5. The van der Waals surface area contributed by atoms with Gasteiger partial charge < -0.3 is 10.0 Å². The molecule has 0 radical (unpaired) electrons. The van der Waals surface area contributed by atoms with E-state index in [1.165, 1.54) is 4.90 Å². The SMILES string of the molecule is CC(SCC(=O)N(C)c1ccccc1)C(=O)O. The molecule has 1 aromatic carbocycles. The molecule has 0 spiro atoms. The molecular formula is C12H15NO3S. The Morgan fingerprint density at radius 1 is 1.35 bits per heavy atom. The molecule has 4 nitrogen and oxygen atoms in total. The van der Waals surface area contributed by atoms with Crippen molar-refractivity contribution in [1.29, 1.82) is 0 Å². The minimum absolute atomic E-state index is 0.102. The van der Waals surface area contributed by atoms with Crippen LogP contribution in [0.4, 0.5) is 5.69 Å². The van der Waals surface area contributed by atoms with Crippen LogP contribution in [0, 0.1) is 0 Å². The Labute approximate surface area is 105 Å². The molecule has 1 amide bonds. The molecule has 92 valence electrons. The topological polar surface area (TPSA) is 57.6 Å². The summed E-state index contributed by atoms with van der Waals surface area (Å²) in [6.45, 7) is 1.57. The number of carbonyl (C=O) groups is 2. The molecule has 1 aromatic rings. The first kappa shape index (κ1) is 13.6. The lowest BCUT2D eigenvalue weighted by Gasteiger charge is -2.17. The van der Waals surface area contributed by atoms with Gasteiger partial charge in [0.2, 0.25) is 5.91 Å². The summed E-state index contributed by atoms with van der Waals surface area (Å²) in [5.74, 6) is -0.835. The molecular weight excluding hydrogens is 238 g/mol. The molecule has 0 aliphatic heterocycles. The average molecular weight is 253 g/mol. The smallest absolute Gasteiger partial charge is 0.316 e. The Bertz CT molecular complexity index is 394. The van der Waals surface area contributed by atoms with Crippen molar-refractivity contribution < 1.29 is 14.7 Å². The van der Waals surface area contributed by atoms with Gasteiger partial charge in [-0.1, -0.05) is 18.2 Å². The summed E-state index contributed by atoms with van der Waals surface area (Å²) in [5, 5.41) is 8.14. The van der Waals surface area contributed by atoms with Crippen molar-refractivity contribution in [3.05, 3.63) is 30.3 Å². The van der Waals surface area contributed by atoms with Crippen LogP contribution in [0.25, 0.3) is 0 Å². The molecule has 0 aliphatic rings. The summed E-state index contributed by atoms with van der Waals surface area (Å²) in [7, 11) is 1.68. The van der Waals surface area contributed by atoms with E-state index in [-0.39, 0.29) is 11.7 Å². The lowest BCUT2D eigenvalue weighted by Crippen LogP contribution is -2.29. The maximum atomic E-state index is 11.8. The van der Waals surface area contributed by atoms with Gasteiger partial charge in [0.05, 0.1) is 11.0 Å². The number of carbonyl (C=O) groups excluding carboxylic acids is 1. The zero-order valence-electron chi connectivity index (χ0n) is 9.79. The number of amides is 1. The highest BCUT2D eigenvalue weighted by Crippen LogP contribution is 2.15. The monoisotopic (exact) mass is 253 g/mol. The van der Waals surface area contributed by atoms with Gasteiger partial charge in [-0.2, -0.15) is 0 Å². The van der Waals surface area contributed by atoms with Crippen molar-refractivity contribution in [2.24, 2.45) is 0 Å². The van der Waals surface area contributed by atoms with Crippen molar-refractivity contribution in [2.45, 2.75) is 12.2 Å². The number of carboxylic acid groups (broad SMARTS) is 1. The van der Waals surface area contributed by atoms with E-state index in [1.807, 2.05) is 30.3 Å². The third-order valence-corrected chi connectivity index (χ3v) is 3.44. The number of para-hydroxylation sites is 1. The van der Waals surface area contributed by atoms with Crippen LogP contribution in [0.3, 0.4) is 0 Å². The number of benzene rings is 1. The van der Waals surface area contributed by atoms with E-state index in [1.54, 1.807) is 14.0 Å². The fourth-order valence-corrected chi connectivity index (χ4v) is 1.89. The fourth-order valence-electron chi connectivity index (χ4n) is 1.16.